The van der Waals surface area contributed by atoms with Crippen LogP contribution in [-0.2, 0) is 0 Å². The SMILES string of the molecule is Cc1nc2cccc(-c3nc(Cl)ncc3F)c2c(C(C)C)c1C(=O)O. The Morgan fingerprint density at radius 2 is 2.00 bits per heavy atom. The Bertz CT molecular complexity index is 1010. The molecule has 3 aromatic rings. The van der Waals surface area contributed by atoms with Crippen molar-refractivity contribution in [2.24, 2.45) is 0 Å². The lowest BCUT2D eigenvalue weighted by Gasteiger charge is -2.18. The summed E-state index contributed by atoms with van der Waals surface area (Å²) < 4.78 is 14.3. The van der Waals surface area contributed by atoms with Crippen molar-refractivity contribution in [1.29, 1.82) is 0 Å². The van der Waals surface area contributed by atoms with Gasteiger partial charge in [-0.15, -0.1) is 0 Å². The number of carbonyl (C=O) groups is 1. The van der Waals surface area contributed by atoms with Crippen molar-refractivity contribution < 1.29 is 14.3 Å². The van der Waals surface area contributed by atoms with Gasteiger partial charge in [-0.3, -0.25) is 4.98 Å². The van der Waals surface area contributed by atoms with Gasteiger partial charge in [0.25, 0.3) is 0 Å². The van der Waals surface area contributed by atoms with E-state index in [2.05, 4.69) is 15.0 Å². The molecule has 5 nitrogen and oxygen atoms in total. The van der Waals surface area contributed by atoms with Gasteiger partial charge in [0.1, 0.15) is 5.69 Å². The minimum Gasteiger partial charge on any atom is -0.478 e. The Labute approximate surface area is 148 Å². The van der Waals surface area contributed by atoms with Crippen molar-refractivity contribution in [3.63, 3.8) is 0 Å². The summed E-state index contributed by atoms with van der Waals surface area (Å²) in [6, 6.07) is 5.17. The molecule has 25 heavy (non-hydrogen) atoms. The van der Waals surface area contributed by atoms with Gasteiger partial charge >= 0.3 is 5.97 Å². The number of pyridine rings is 1. The van der Waals surface area contributed by atoms with Gasteiger partial charge in [-0.2, -0.15) is 0 Å². The molecule has 0 unspecified atom stereocenters. The number of aromatic carboxylic acids is 1. The van der Waals surface area contributed by atoms with Gasteiger partial charge in [-0.05, 0) is 36.1 Å². The molecule has 2 heterocycles. The van der Waals surface area contributed by atoms with Crippen LogP contribution in [0.3, 0.4) is 0 Å². The number of aryl methyl sites for hydroxylation is 1. The normalized spacial score (nSPS) is 11.3. The van der Waals surface area contributed by atoms with E-state index in [9.17, 15) is 14.3 Å². The van der Waals surface area contributed by atoms with E-state index in [1.165, 1.54) is 0 Å². The highest BCUT2D eigenvalue weighted by Gasteiger charge is 2.24. The summed E-state index contributed by atoms with van der Waals surface area (Å²) in [6.07, 6.45) is 0.998. The van der Waals surface area contributed by atoms with Crippen LogP contribution in [-0.4, -0.2) is 26.0 Å². The summed E-state index contributed by atoms with van der Waals surface area (Å²) in [7, 11) is 0. The van der Waals surface area contributed by atoms with E-state index < -0.39 is 11.8 Å². The van der Waals surface area contributed by atoms with Gasteiger partial charge in [-0.25, -0.2) is 19.2 Å². The average molecular weight is 360 g/mol. The molecule has 0 aliphatic carbocycles. The molecule has 0 fully saturated rings. The molecule has 0 amide bonds. The molecule has 0 bridgehead atoms. The highest BCUT2D eigenvalue weighted by Crippen LogP contribution is 2.37. The summed E-state index contributed by atoms with van der Waals surface area (Å²) in [5, 5.41) is 10.1. The van der Waals surface area contributed by atoms with E-state index in [-0.39, 0.29) is 22.5 Å². The maximum atomic E-state index is 14.3. The molecular weight excluding hydrogens is 345 g/mol. The molecule has 0 saturated heterocycles. The van der Waals surface area contributed by atoms with Gasteiger partial charge in [0.05, 0.1) is 23.0 Å². The quantitative estimate of drug-likeness (QED) is 0.691. The zero-order chi connectivity index (χ0) is 18.3. The Morgan fingerprint density at radius 1 is 1.28 bits per heavy atom. The molecule has 0 spiro atoms. The third kappa shape index (κ3) is 2.93. The fraction of sp³-hybridized carbons (Fsp3) is 0.222. The van der Waals surface area contributed by atoms with Crippen LogP contribution in [0.15, 0.2) is 24.4 Å². The predicted molar refractivity (Wildman–Crippen MR) is 93.5 cm³/mol. The smallest absolute Gasteiger partial charge is 0.337 e. The minimum atomic E-state index is -1.06. The number of hydrogen-bond donors (Lipinski definition) is 1. The van der Waals surface area contributed by atoms with Crippen molar-refractivity contribution >= 4 is 28.5 Å². The van der Waals surface area contributed by atoms with E-state index >= 15 is 0 Å². The van der Waals surface area contributed by atoms with Crippen LogP contribution in [0.4, 0.5) is 4.39 Å². The fourth-order valence-electron chi connectivity index (χ4n) is 3.05. The van der Waals surface area contributed by atoms with Crippen molar-refractivity contribution in [1.82, 2.24) is 15.0 Å². The van der Waals surface area contributed by atoms with Crippen molar-refractivity contribution in [2.75, 3.05) is 0 Å². The van der Waals surface area contributed by atoms with Crippen LogP contribution in [0.2, 0.25) is 5.28 Å². The second-order valence-corrected chi connectivity index (χ2v) is 6.32. The van der Waals surface area contributed by atoms with Crippen molar-refractivity contribution in [3.05, 3.63) is 52.3 Å². The van der Waals surface area contributed by atoms with Gasteiger partial charge < -0.3 is 5.11 Å². The topological polar surface area (TPSA) is 76.0 Å². The molecular formula is C18H15ClFN3O2. The molecule has 0 radical (unpaired) electrons. The van der Waals surface area contributed by atoms with Crippen LogP contribution in [0.25, 0.3) is 22.2 Å². The van der Waals surface area contributed by atoms with Gasteiger partial charge in [0, 0.05) is 10.9 Å². The van der Waals surface area contributed by atoms with Crippen molar-refractivity contribution in [3.8, 4) is 11.3 Å². The van der Waals surface area contributed by atoms with Crippen LogP contribution in [0.5, 0.6) is 0 Å². The minimum absolute atomic E-state index is 0.0227. The first-order valence-corrected chi connectivity index (χ1v) is 8.04. The summed E-state index contributed by atoms with van der Waals surface area (Å²) in [6.45, 7) is 5.44. The van der Waals surface area contributed by atoms with Gasteiger partial charge in [0.2, 0.25) is 5.28 Å². The summed E-state index contributed by atoms with van der Waals surface area (Å²) in [5.74, 6) is -1.81. The third-order valence-electron chi connectivity index (χ3n) is 3.99. The molecule has 128 valence electrons. The summed E-state index contributed by atoms with van der Waals surface area (Å²) in [5.41, 5.74) is 2.20. The number of halogens is 2. The van der Waals surface area contributed by atoms with Crippen LogP contribution >= 0.6 is 11.6 Å². The fourth-order valence-corrected chi connectivity index (χ4v) is 3.19. The molecule has 7 heteroatoms. The van der Waals surface area contributed by atoms with E-state index in [4.69, 9.17) is 11.6 Å². The number of carboxylic acid groups (broad SMARTS) is 1. The Hall–Kier alpha value is -2.60. The molecule has 2 aromatic heterocycles. The molecule has 0 atom stereocenters. The first-order valence-electron chi connectivity index (χ1n) is 7.66. The zero-order valence-electron chi connectivity index (χ0n) is 13.8. The maximum absolute atomic E-state index is 14.3. The maximum Gasteiger partial charge on any atom is 0.337 e. The van der Waals surface area contributed by atoms with Crippen molar-refractivity contribution in [2.45, 2.75) is 26.7 Å². The third-order valence-corrected chi connectivity index (χ3v) is 4.17. The molecule has 3 rings (SSSR count). The number of carboxylic acids is 1. The number of aromatic nitrogens is 3. The lowest BCUT2D eigenvalue weighted by Crippen LogP contribution is -2.10. The number of nitrogens with zero attached hydrogens (tertiary/aromatic N) is 3. The lowest BCUT2D eigenvalue weighted by molar-refractivity contribution is 0.0694. The highest BCUT2D eigenvalue weighted by atomic mass is 35.5. The van der Waals surface area contributed by atoms with Crippen LogP contribution < -0.4 is 0 Å². The van der Waals surface area contributed by atoms with E-state index in [1.54, 1.807) is 25.1 Å². The van der Waals surface area contributed by atoms with Crippen LogP contribution in [0.1, 0.15) is 41.4 Å². The average Bonchev–Trinajstić information content (AvgIpc) is 2.54. The van der Waals surface area contributed by atoms with E-state index in [0.29, 0.717) is 27.7 Å². The predicted octanol–water partition coefficient (Wildman–Crippen LogP) is 4.61. The van der Waals surface area contributed by atoms with Crippen LogP contribution in [0, 0.1) is 12.7 Å². The molecule has 0 aliphatic rings. The summed E-state index contributed by atoms with van der Waals surface area (Å²) >= 11 is 5.83. The standard InChI is InChI=1S/C18H15ClFN3O2/c1-8(2)13-14(17(24)25)9(3)22-12-6-4-5-10(15(12)13)16-11(20)7-21-18(19)23-16/h4-8H,1-3H3,(H,24,25). The molecule has 0 saturated carbocycles. The first kappa shape index (κ1) is 17.2. The van der Waals surface area contributed by atoms with Gasteiger partial charge in [0.15, 0.2) is 5.82 Å². The van der Waals surface area contributed by atoms with Gasteiger partial charge in [-0.1, -0.05) is 26.0 Å². The monoisotopic (exact) mass is 359 g/mol. The Morgan fingerprint density at radius 3 is 2.64 bits per heavy atom. The number of rotatable bonds is 3. The molecule has 1 N–H and O–H groups in total. The lowest BCUT2D eigenvalue weighted by atomic mass is 9.89. The zero-order valence-corrected chi connectivity index (χ0v) is 14.6. The number of benzene rings is 1. The summed E-state index contributed by atoms with van der Waals surface area (Å²) in [4.78, 5) is 23.8. The Kier molecular flexibility index (Phi) is 4.39. The first-order chi connectivity index (χ1) is 11.8. The number of hydrogen-bond acceptors (Lipinski definition) is 4. The second-order valence-electron chi connectivity index (χ2n) is 5.98. The Balaban J connectivity index is 2.52. The molecule has 1 aromatic carbocycles. The molecule has 0 aliphatic heterocycles. The number of fused-ring (bicyclic) bond motifs is 1. The second kappa shape index (κ2) is 6.37. The van der Waals surface area contributed by atoms with E-state index in [1.807, 2.05) is 13.8 Å². The highest BCUT2D eigenvalue weighted by molar-refractivity contribution is 6.28. The largest absolute Gasteiger partial charge is 0.478 e. The van der Waals surface area contributed by atoms with E-state index in [0.717, 1.165) is 6.20 Å².